The van der Waals surface area contributed by atoms with Gasteiger partial charge in [0.15, 0.2) is 0 Å². The molecule has 1 aromatic carbocycles. The van der Waals surface area contributed by atoms with Crippen LogP contribution in [0, 0.1) is 5.92 Å². The van der Waals surface area contributed by atoms with Crippen LogP contribution >= 0.6 is 0 Å². The van der Waals surface area contributed by atoms with Crippen LogP contribution in [0.1, 0.15) is 36.0 Å². The second-order valence-electron chi connectivity index (χ2n) is 6.91. The molecule has 136 valence electrons. The Hall–Kier alpha value is -1.92. The number of hydrogen-bond donors (Lipinski definition) is 2. The smallest absolute Gasteiger partial charge is 0.253 e. The van der Waals surface area contributed by atoms with Gasteiger partial charge in [0.2, 0.25) is 5.91 Å². The van der Waals surface area contributed by atoms with Crippen molar-refractivity contribution in [1.29, 1.82) is 0 Å². The first-order valence-corrected chi connectivity index (χ1v) is 9.15. The maximum Gasteiger partial charge on any atom is 0.253 e. The molecule has 6 heteroatoms. The van der Waals surface area contributed by atoms with Crippen molar-refractivity contribution >= 4 is 11.8 Å². The van der Waals surface area contributed by atoms with Crippen LogP contribution in [-0.4, -0.2) is 55.1 Å². The molecule has 6 nitrogen and oxygen atoms in total. The van der Waals surface area contributed by atoms with Crippen molar-refractivity contribution in [1.82, 2.24) is 10.2 Å². The molecule has 1 aromatic rings. The Morgan fingerprint density at radius 2 is 1.84 bits per heavy atom. The number of piperidine rings is 1. The molecule has 2 amide bonds. The van der Waals surface area contributed by atoms with Gasteiger partial charge in [-0.15, -0.1) is 0 Å². The summed E-state index contributed by atoms with van der Waals surface area (Å²) in [6.45, 7) is 2.60. The van der Waals surface area contributed by atoms with E-state index in [1.54, 1.807) is 0 Å². The van der Waals surface area contributed by atoms with Crippen LogP contribution in [0.2, 0.25) is 0 Å². The van der Waals surface area contributed by atoms with Gasteiger partial charge in [0, 0.05) is 31.7 Å². The molecule has 2 aliphatic rings. The minimum Gasteiger partial charge on any atom is -0.364 e. The number of amides is 2. The average Bonchev–Trinajstić information content (AvgIpc) is 3.16. The molecule has 0 bridgehead atoms. The number of nitrogens with two attached hydrogens (primary N) is 1. The summed E-state index contributed by atoms with van der Waals surface area (Å²) in [7, 11) is 0. The van der Waals surface area contributed by atoms with Crippen LogP contribution < -0.4 is 11.1 Å². The van der Waals surface area contributed by atoms with Crippen molar-refractivity contribution in [2.24, 2.45) is 11.7 Å². The van der Waals surface area contributed by atoms with Gasteiger partial charge in [-0.1, -0.05) is 18.2 Å². The molecule has 0 aliphatic carbocycles. The zero-order valence-corrected chi connectivity index (χ0v) is 14.5. The largest absolute Gasteiger partial charge is 0.364 e. The third kappa shape index (κ3) is 4.58. The minimum absolute atomic E-state index is 0.0167. The van der Waals surface area contributed by atoms with Crippen LogP contribution in [0.15, 0.2) is 30.3 Å². The predicted octanol–water partition coefficient (Wildman–Crippen LogP) is 1.16. The van der Waals surface area contributed by atoms with Gasteiger partial charge in [-0.3, -0.25) is 9.59 Å². The summed E-state index contributed by atoms with van der Waals surface area (Å²) in [4.78, 5) is 26.5. The van der Waals surface area contributed by atoms with E-state index in [4.69, 9.17) is 10.5 Å². The van der Waals surface area contributed by atoms with E-state index in [0.29, 0.717) is 19.0 Å². The Morgan fingerprint density at radius 1 is 1.12 bits per heavy atom. The highest BCUT2D eigenvalue weighted by Crippen LogP contribution is 2.21. The Bertz CT molecular complexity index is 585. The Kier molecular flexibility index (Phi) is 6.04. The summed E-state index contributed by atoms with van der Waals surface area (Å²) >= 11 is 0. The van der Waals surface area contributed by atoms with Gasteiger partial charge in [-0.25, -0.2) is 0 Å². The molecule has 2 saturated heterocycles. The van der Waals surface area contributed by atoms with Crippen LogP contribution in [0.5, 0.6) is 0 Å². The summed E-state index contributed by atoms with van der Waals surface area (Å²) in [6.07, 6.45) is 3.09. The minimum atomic E-state index is -0.353. The average molecular weight is 345 g/mol. The number of carbonyl (C=O) groups excluding carboxylic acids is 2. The molecule has 3 N–H and O–H groups in total. The summed E-state index contributed by atoms with van der Waals surface area (Å²) in [5.41, 5.74) is 6.32. The second-order valence-corrected chi connectivity index (χ2v) is 6.91. The molecular formula is C19H27N3O3. The highest BCUT2D eigenvalue weighted by atomic mass is 16.5. The Balaban J connectivity index is 1.39. The number of carbonyl (C=O) groups is 2. The molecule has 0 unspecified atom stereocenters. The molecular weight excluding hydrogens is 318 g/mol. The highest BCUT2D eigenvalue weighted by molar-refractivity contribution is 5.94. The van der Waals surface area contributed by atoms with E-state index in [2.05, 4.69) is 5.32 Å². The summed E-state index contributed by atoms with van der Waals surface area (Å²) in [6, 6.07) is 9.39. The fourth-order valence-electron chi connectivity index (χ4n) is 3.53. The van der Waals surface area contributed by atoms with Crippen molar-refractivity contribution in [3.8, 4) is 0 Å². The van der Waals surface area contributed by atoms with Crippen LogP contribution in [0.4, 0.5) is 0 Å². The van der Waals surface area contributed by atoms with Gasteiger partial charge in [0.1, 0.15) is 6.10 Å². The summed E-state index contributed by atoms with van der Waals surface area (Å²) in [5, 5.41) is 3.01. The number of likely N-dealkylation sites (tertiary alicyclic amines) is 1. The fraction of sp³-hybridized carbons (Fsp3) is 0.579. The van der Waals surface area contributed by atoms with Gasteiger partial charge in [-0.05, 0) is 43.7 Å². The van der Waals surface area contributed by atoms with E-state index in [-0.39, 0.29) is 24.0 Å². The van der Waals surface area contributed by atoms with E-state index in [1.165, 1.54) is 0 Å². The lowest BCUT2D eigenvalue weighted by Gasteiger charge is -2.32. The molecule has 0 radical (unpaired) electrons. The van der Waals surface area contributed by atoms with E-state index in [0.717, 1.165) is 44.3 Å². The lowest BCUT2D eigenvalue weighted by molar-refractivity contribution is -0.132. The molecule has 2 fully saturated rings. The number of nitrogens with zero attached hydrogens (tertiary/aromatic N) is 1. The fourth-order valence-corrected chi connectivity index (χ4v) is 3.53. The SMILES string of the molecule is NC[C@H]1CC[C@@H](C(=O)NCC2CCN(C(=O)c3ccccc3)CC2)O1. The van der Waals surface area contributed by atoms with Crippen LogP contribution in [0.3, 0.4) is 0 Å². The zero-order valence-electron chi connectivity index (χ0n) is 14.5. The molecule has 2 atom stereocenters. The zero-order chi connectivity index (χ0) is 17.6. The molecule has 0 saturated carbocycles. The van der Waals surface area contributed by atoms with E-state index in [1.807, 2.05) is 35.2 Å². The summed E-state index contributed by atoms with van der Waals surface area (Å²) < 4.78 is 5.62. The van der Waals surface area contributed by atoms with Gasteiger partial charge in [-0.2, -0.15) is 0 Å². The predicted molar refractivity (Wildman–Crippen MR) is 95.0 cm³/mol. The van der Waals surface area contributed by atoms with E-state index in [9.17, 15) is 9.59 Å². The van der Waals surface area contributed by atoms with E-state index >= 15 is 0 Å². The standard InChI is InChI=1S/C19H27N3O3/c20-12-16-6-7-17(25-16)18(23)21-13-14-8-10-22(11-9-14)19(24)15-4-2-1-3-5-15/h1-5,14,16-17H,6-13,20H2,(H,21,23)/t16-,17+/m1/s1. The van der Waals surface area contributed by atoms with Crippen LogP contribution in [0.25, 0.3) is 0 Å². The molecule has 25 heavy (non-hydrogen) atoms. The van der Waals surface area contributed by atoms with Crippen molar-refractivity contribution in [2.75, 3.05) is 26.2 Å². The number of nitrogens with one attached hydrogen (secondary N) is 1. The van der Waals surface area contributed by atoms with Crippen molar-refractivity contribution < 1.29 is 14.3 Å². The van der Waals surface area contributed by atoms with Gasteiger partial charge in [0.25, 0.3) is 5.91 Å². The topological polar surface area (TPSA) is 84.7 Å². The number of ether oxygens (including phenoxy) is 1. The lowest BCUT2D eigenvalue weighted by Crippen LogP contribution is -2.43. The monoisotopic (exact) mass is 345 g/mol. The van der Waals surface area contributed by atoms with Gasteiger partial charge in [0.05, 0.1) is 6.10 Å². The first-order valence-electron chi connectivity index (χ1n) is 9.15. The maximum atomic E-state index is 12.4. The number of hydrogen-bond acceptors (Lipinski definition) is 4. The number of benzene rings is 1. The maximum absolute atomic E-state index is 12.4. The third-order valence-corrected chi connectivity index (χ3v) is 5.15. The first-order chi connectivity index (χ1) is 12.2. The summed E-state index contributed by atoms with van der Waals surface area (Å²) in [5.74, 6) is 0.476. The molecule has 0 spiro atoms. The number of rotatable bonds is 5. The first kappa shape index (κ1) is 17.9. The molecule has 2 aliphatic heterocycles. The van der Waals surface area contributed by atoms with Gasteiger partial charge >= 0.3 is 0 Å². The van der Waals surface area contributed by atoms with Crippen molar-refractivity contribution in [3.05, 3.63) is 35.9 Å². The second kappa shape index (κ2) is 8.45. The Morgan fingerprint density at radius 3 is 2.48 bits per heavy atom. The Labute approximate surface area is 148 Å². The van der Waals surface area contributed by atoms with Crippen molar-refractivity contribution in [3.63, 3.8) is 0 Å². The normalized spacial score (nSPS) is 24.3. The molecule has 0 aromatic heterocycles. The van der Waals surface area contributed by atoms with Crippen molar-refractivity contribution in [2.45, 2.75) is 37.9 Å². The molecule has 3 rings (SSSR count). The lowest BCUT2D eigenvalue weighted by atomic mass is 9.96. The quantitative estimate of drug-likeness (QED) is 0.839. The highest BCUT2D eigenvalue weighted by Gasteiger charge is 2.30. The third-order valence-electron chi connectivity index (χ3n) is 5.15. The van der Waals surface area contributed by atoms with Gasteiger partial charge < -0.3 is 20.7 Å². The van der Waals surface area contributed by atoms with E-state index < -0.39 is 0 Å². The molecule has 2 heterocycles. The van der Waals surface area contributed by atoms with Crippen LogP contribution in [-0.2, 0) is 9.53 Å².